The first-order valence-corrected chi connectivity index (χ1v) is 8.36. The SMILES string of the molecule is CNC(=O)C1CN(Cc2ccccc2)CC1NC(=O)c1cccnc1. The molecule has 2 amide bonds. The molecule has 6 nitrogen and oxygen atoms in total. The molecule has 2 unspecified atom stereocenters. The first-order chi connectivity index (χ1) is 12.2. The summed E-state index contributed by atoms with van der Waals surface area (Å²) < 4.78 is 0. The molecule has 2 atom stereocenters. The van der Waals surface area contributed by atoms with Crippen LogP contribution in [0, 0.1) is 5.92 Å². The zero-order chi connectivity index (χ0) is 17.6. The average molecular weight is 338 g/mol. The van der Waals surface area contributed by atoms with Crippen LogP contribution in [0.5, 0.6) is 0 Å². The molecule has 1 fully saturated rings. The minimum Gasteiger partial charge on any atom is -0.359 e. The van der Waals surface area contributed by atoms with Crippen molar-refractivity contribution in [2.75, 3.05) is 20.1 Å². The Morgan fingerprint density at radius 3 is 2.64 bits per heavy atom. The van der Waals surface area contributed by atoms with E-state index in [0.29, 0.717) is 18.7 Å². The summed E-state index contributed by atoms with van der Waals surface area (Å²) in [6.07, 6.45) is 3.15. The fourth-order valence-electron chi connectivity index (χ4n) is 3.20. The van der Waals surface area contributed by atoms with Gasteiger partial charge >= 0.3 is 0 Å². The largest absolute Gasteiger partial charge is 0.359 e. The second kappa shape index (κ2) is 7.90. The lowest BCUT2D eigenvalue weighted by Gasteiger charge is -2.18. The standard InChI is InChI=1S/C19H22N4O2/c1-20-19(25)16-12-23(11-14-6-3-2-4-7-14)13-17(16)22-18(24)15-8-5-9-21-10-15/h2-10,16-17H,11-13H2,1H3,(H,20,25)(H,22,24). The third kappa shape index (κ3) is 4.22. The smallest absolute Gasteiger partial charge is 0.253 e. The van der Waals surface area contributed by atoms with Gasteiger partial charge in [-0.15, -0.1) is 0 Å². The predicted octanol–water partition coefficient (Wildman–Crippen LogP) is 1.06. The van der Waals surface area contributed by atoms with Gasteiger partial charge in [-0.05, 0) is 17.7 Å². The summed E-state index contributed by atoms with van der Waals surface area (Å²) in [6, 6.07) is 13.3. The molecule has 2 aromatic rings. The highest BCUT2D eigenvalue weighted by atomic mass is 16.2. The Balaban J connectivity index is 1.69. The molecule has 0 bridgehead atoms. The van der Waals surface area contributed by atoms with Gasteiger partial charge < -0.3 is 10.6 Å². The molecule has 6 heteroatoms. The summed E-state index contributed by atoms with van der Waals surface area (Å²) >= 11 is 0. The number of nitrogens with one attached hydrogen (secondary N) is 2. The number of carbonyl (C=O) groups is 2. The van der Waals surface area contributed by atoms with Crippen molar-refractivity contribution in [2.45, 2.75) is 12.6 Å². The van der Waals surface area contributed by atoms with Crippen LogP contribution in [0.4, 0.5) is 0 Å². The lowest BCUT2D eigenvalue weighted by Crippen LogP contribution is -2.45. The van der Waals surface area contributed by atoms with E-state index in [1.54, 1.807) is 25.4 Å². The van der Waals surface area contributed by atoms with Gasteiger partial charge in [-0.1, -0.05) is 30.3 Å². The Morgan fingerprint density at radius 1 is 1.16 bits per heavy atom. The first kappa shape index (κ1) is 17.1. The van der Waals surface area contributed by atoms with Crippen LogP contribution in [-0.4, -0.2) is 47.9 Å². The van der Waals surface area contributed by atoms with E-state index in [4.69, 9.17) is 0 Å². The van der Waals surface area contributed by atoms with E-state index in [0.717, 1.165) is 6.54 Å². The fourth-order valence-corrected chi connectivity index (χ4v) is 3.20. The molecule has 1 aromatic carbocycles. The number of pyridine rings is 1. The van der Waals surface area contributed by atoms with Gasteiger partial charge in [0.1, 0.15) is 0 Å². The van der Waals surface area contributed by atoms with Crippen LogP contribution in [0.25, 0.3) is 0 Å². The molecule has 1 aliphatic rings. The van der Waals surface area contributed by atoms with Crippen molar-refractivity contribution < 1.29 is 9.59 Å². The van der Waals surface area contributed by atoms with Gasteiger partial charge in [-0.25, -0.2) is 0 Å². The molecule has 25 heavy (non-hydrogen) atoms. The van der Waals surface area contributed by atoms with Crippen molar-refractivity contribution in [3.63, 3.8) is 0 Å². The second-order valence-corrected chi connectivity index (χ2v) is 6.22. The summed E-state index contributed by atoms with van der Waals surface area (Å²) in [5.74, 6) is -0.519. The zero-order valence-corrected chi connectivity index (χ0v) is 14.2. The number of nitrogens with zero attached hydrogens (tertiary/aromatic N) is 2. The average Bonchev–Trinajstić information content (AvgIpc) is 3.04. The third-order valence-corrected chi connectivity index (χ3v) is 4.47. The molecular formula is C19H22N4O2. The van der Waals surface area contributed by atoms with E-state index in [9.17, 15) is 9.59 Å². The Kier molecular flexibility index (Phi) is 5.40. The van der Waals surface area contributed by atoms with Crippen molar-refractivity contribution in [2.24, 2.45) is 5.92 Å². The Hall–Kier alpha value is -2.73. The number of benzene rings is 1. The molecular weight excluding hydrogens is 316 g/mol. The molecule has 0 spiro atoms. The summed E-state index contributed by atoms with van der Waals surface area (Å²) in [4.78, 5) is 30.8. The van der Waals surface area contributed by atoms with Gasteiger partial charge in [0.2, 0.25) is 5.91 Å². The van der Waals surface area contributed by atoms with Crippen LogP contribution in [0.2, 0.25) is 0 Å². The monoisotopic (exact) mass is 338 g/mol. The first-order valence-electron chi connectivity index (χ1n) is 8.36. The predicted molar refractivity (Wildman–Crippen MR) is 94.8 cm³/mol. The maximum atomic E-state index is 12.4. The third-order valence-electron chi connectivity index (χ3n) is 4.47. The van der Waals surface area contributed by atoms with Crippen molar-refractivity contribution >= 4 is 11.8 Å². The molecule has 3 rings (SSSR count). The Bertz CT molecular complexity index is 721. The maximum Gasteiger partial charge on any atom is 0.253 e. The van der Waals surface area contributed by atoms with Crippen molar-refractivity contribution in [3.05, 3.63) is 66.0 Å². The number of carbonyl (C=O) groups excluding carboxylic acids is 2. The second-order valence-electron chi connectivity index (χ2n) is 6.22. The van der Waals surface area contributed by atoms with E-state index < -0.39 is 0 Å². The molecule has 1 saturated heterocycles. The topological polar surface area (TPSA) is 74.3 Å². The molecule has 130 valence electrons. The maximum absolute atomic E-state index is 12.4. The van der Waals surface area contributed by atoms with E-state index in [1.165, 1.54) is 11.8 Å². The lowest BCUT2D eigenvalue weighted by atomic mass is 10.0. The van der Waals surface area contributed by atoms with Crippen LogP contribution in [0.3, 0.4) is 0 Å². The van der Waals surface area contributed by atoms with E-state index in [-0.39, 0.29) is 23.8 Å². The number of amides is 2. The van der Waals surface area contributed by atoms with Gasteiger partial charge in [0.15, 0.2) is 0 Å². The van der Waals surface area contributed by atoms with Crippen molar-refractivity contribution in [1.82, 2.24) is 20.5 Å². The number of likely N-dealkylation sites (tertiary alicyclic amines) is 1. The number of rotatable bonds is 5. The molecule has 1 aliphatic heterocycles. The lowest BCUT2D eigenvalue weighted by molar-refractivity contribution is -0.124. The molecule has 2 heterocycles. The summed E-state index contributed by atoms with van der Waals surface area (Å²) in [5, 5.41) is 5.70. The van der Waals surface area contributed by atoms with Gasteiger partial charge in [0.25, 0.3) is 5.91 Å². The highest BCUT2D eigenvalue weighted by Crippen LogP contribution is 2.20. The van der Waals surface area contributed by atoms with Gasteiger partial charge in [-0.3, -0.25) is 19.5 Å². The van der Waals surface area contributed by atoms with E-state index in [2.05, 4.69) is 32.7 Å². The summed E-state index contributed by atoms with van der Waals surface area (Å²) in [5.41, 5.74) is 1.69. The number of hydrogen-bond acceptors (Lipinski definition) is 4. The molecule has 2 N–H and O–H groups in total. The van der Waals surface area contributed by atoms with Crippen molar-refractivity contribution in [1.29, 1.82) is 0 Å². The van der Waals surface area contributed by atoms with Gasteiger partial charge in [0, 0.05) is 39.1 Å². The van der Waals surface area contributed by atoms with Gasteiger partial charge in [-0.2, -0.15) is 0 Å². The number of hydrogen-bond donors (Lipinski definition) is 2. The number of aromatic nitrogens is 1. The van der Waals surface area contributed by atoms with E-state index >= 15 is 0 Å². The van der Waals surface area contributed by atoms with Crippen LogP contribution in [0.15, 0.2) is 54.9 Å². The van der Waals surface area contributed by atoms with Crippen molar-refractivity contribution in [3.8, 4) is 0 Å². The summed E-state index contributed by atoms with van der Waals surface area (Å²) in [6.45, 7) is 2.01. The van der Waals surface area contributed by atoms with Crippen LogP contribution >= 0.6 is 0 Å². The molecule has 0 radical (unpaired) electrons. The minimum atomic E-state index is -0.269. The normalized spacial score (nSPS) is 20.2. The van der Waals surface area contributed by atoms with Crippen LogP contribution < -0.4 is 10.6 Å². The molecule has 1 aromatic heterocycles. The van der Waals surface area contributed by atoms with Gasteiger partial charge in [0.05, 0.1) is 17.5 Å². The molecule has 0 aliphatic carbocycles. The quantitative estimate of drug-likeness (QED) is 0.855. The highest BCUT2D eigenvalue weighted by molar-refractivity contribution is 5.94. The molecule has 0 saturated carbocycles. The minimum absolute atomic E-state index is 0.0490. The van der Waals surface area contributed by atoms with Crippen LogP contribution in [0.1, 0.15) is 15.9 Å². The Morgan fingerprint density at radius 2 is 1.96 bits per heavy atom. The van der Waals surface area contributed by atoms with E-state index in [1.807, 2.05) is 18.2 Å². The van der Waals surface area contributed by atoms with Crippen LogP contribution in [-0.2, 0) is 11.3 Å². The Labute approximate surface area is 147 Å². The summed E-state index contributed by atoms with van der Waals surface area (Å²) in [7, 11) is 1.63. The highest BCUT2D eigenvalue weighted by Gasteiger charge is 2.38. The zero-order valence-electron chi connectivity index (χ0n) is 14.2. The fraction of sp³-hybridized carbons (Fsp3) is 0.316.